The topological polar surface area (TPSA) is 18.5 Å². The molecule has 0 unspecified atom stereocenters. The van der Waals surface area contributed by atoms with Crippen LogP contribution in [0, 0.1) is 0 Å². The van der Waals surface area contributed by atoms with Crippen LogP contribution in [0.15, 0.2) is 0 Å². The van der Waals surface area contributed by atoms with Crippen molar-refractivity contribution in [2.75, 3.05) is 6.75 Å². The Bertz CT molecular complexity index is 101. The van der Waals surface area contributed by atoms with Gasteiger partial charge in [-0.2, -0.15) is 0 Å². The van der Waals surface area contributed by atoms with Gasteiger partial charge in [-0.15, -0.1) is 0 Å². The van der Waals surface area contributed by atoms with Crippen LogP contribution in [-0.2, 0) is 9.47 Å². The Kier molecular flexibility index (Phi) is 3.01. The lowest BCUT2D eigenvalue weighted by molar-refractivity contribution is -0.0994. The molecule has 0 bridgehead atoms. The molecule has 0 spiro atoms. The van der Waals surface area contributed by atoms with E-state index in [4.69, 9.17) is 12.2 Å². The van der Waals surface area contributed by atoms with E-state index in [0.29, 0.717) is 0 Å². The Morgan fingerprint density at radius 1 is 1.11 bits per heavy atom. The molecule has 2 heteroatoms. The van der Waals surface area contributed by atoms with Crippen LogP contribution in [0.4, 0.5) is 0 Å². The van der Waals surface area contributed by atoms with Gasteiger partial charge in [0.15, 0.2) is 0 Å². The molecule has 0 aromatic heterocycles. The second-order valence-electron chi connectivity index (χ2n) is 2.42. The van der Waals surface area contributed by atoms with E-state index in [1.807, 2.05) is 0 Å². The first-order valence-electron chi connectivity index (χ1n) is 4.19. The minimum atomic E-state index is -1.96. The van der Waals surface area contributed by atoms with Crippen LogP contribution in [0.1, 0.15) is 30.4 Å². The average Bonchev–Trinajstić information content (AvgIpc) is 1.53. The average molecular weight is 134 g/mol. The fourth-order valence-corrected chi connectivity index (χ4v) is 0.220. The van der Waals surface area contributed by atoms with Crippen molar-refractivity contribution < 1.29 is 12.2 Å². The Morgan fingerprint density at radius 3 is 1.67 bits per heavy atom. The van der Waals surface area contributed by atoms with Gasteiger partial charge in [0.2, 0.25) is 0 Å². The molecular weight excluding hydrogens is 116 g/mol. The van der Waals surface area contributed by atoms with Crippen LogP contribution in [0.2, 0.25) is 0 Å². The smallest absolute Gasteiger partial charge is 0.147 e. The summed E-state index contributed by atoms with van der Waals surface area (Å²) in [6.45, 7) is 5.11. The largest absolute Gasteiger partial charge is 0.353 e. The van der Waals surface area contributed by atoms with E-state index in [1.54, 1.807) is 27.7 Å². The van der Waals surface area contributed by atoms with Gasteiger partial charge < -0.3 is 9.47 Å². The summed E-state index contributed by atoms with van der Waals surface area (Å²) in [5.41, 5.74) is 0. The molecule has 0 aliphatic heterocycles. The molecule has 0 atom stereocenters. The zero-order valence-electron chi connectivity index (χ0n) is 8.47. The van der Waals surface area contributed by atoms with Gasteiger partial charge >= 0.3 is 0 Å². The first kappa shape index (κ1) is 5.69. The SMILES string of the molecule is [2H]C([2H])(OC(C)C)OC(C)C. The van der Waals surface area contributed by atoms with E-state index >= 15 is 0 Å². The van der Waals surface area contributed by atoms with Crippen molar-refractivity contribution in [2.45, 2.75) is 39.9 Å². The zero-order valence-corrected chi connectivity index (χ0v) is 6.47. The van der Waals surface area contributed by atoms with Crippen molar-refractivity contribution in [1.29, 1.82) is 0 Å². The molecular formula is C7H16O2. The third-order valence-electron chi connectivity index (χ3n) is 0.568. The van der Waals surface area contributed by atoms with E-state index in [9.17, 15) is 0 Å². The normalized spacial score (nSPS) is 16.2. The summed E-state index contributed by atoms with van der Waals surface area (Å²) >= 11 is 0. The molecule has 0 saturated heterocycles. The van der Waals surface area contributed by atoms with E-state index < -0.39 is 6.75 Å². The highest BCUT2D eigenvalue weighted by Gasteiger charge is 1.94. The first-order valence-corrected chi connectivity index (χ1v) is 3.19. The second-order valence-corrected chi connectivity index (χ2v) is 2.42. The molecule has 0 saturated carbocycles. The van der Waals surface area contributed by atoms with Gasteiger partial charge in [0, 0.05) is 0 Å². The Hall–Kier alpha value is -0.0800. The lowest BCUT2D eigenvalue weighted by Crippen LogP contribution is -2.11. The van der Waals surface area contributed by atoms with Crippen LogP contribution in [-0.4, -0.2) is 19.0 Å². The number of hydrogen-bond acceptors (Lipinski definition) is 2. The summed E-state index contributed by atoms with van der Waals surface area (Å²) < 4.78 is 24.1. The number of rotatable bonds is 4. The molecule has 0 N–H and O–H groups in total. The number of hydrogen-bond donors (Lipinski definition) is 0. The van der Waals surface area contributed by atoms with Gasteiger partial charge in [0.05, 0.1) is 14.9 Å². The van der Waals surface area contributed by atoms with E-state index in [-0.39, 0.29) is 12.2 Å². The molecule has 0 heterocycles. The monoisotopic (exact) mass is 134 g/mol. The Morgan fingerprint density at radius 2 is 1.44 bits per heavy atom. The van der Waals surface area contributed by atoms with Crippen molar-refractivity contribution in [2.24, 2.45) is 0 Å². The van der Waals surface area contributed by atoms with Crippen molar-refractivity contribution in [1.82, 2.24) is 0 Å². The fourth-order valence-electron chi connectivity index (χ4n) is 0.220. The Labute approximate surface area is 60.0 Å². The molecule has 0 radical (unpaired) electrons. The van der Waals surface area contributed by atoms with E-state index in [0.717, 1.165) is 0 Å². The van der Waals surface area contributed by atoms with Gasteiger partial charge in [0.1, 0.15) is 6.75 Å². The molecule has 0 aliphatic carbocycles. The van der Waals surface area contributed by atoms with Gasteiger partial charge in [-0.25, -0.2) is 0 Å². The van der Waals surface area contributed by atoms with Crippen molar-refractivity contribution in [3.8, 4) is 0 Å². The van der Waals surface area contributed by atoms with Crippen molar-refractivity contribution in [3.05, 3.63) is 0 Å². The Balaban J connectivity index is 3.79. The maximum Gasteiger partial charge on any atom is 0.147 e. The molecule has 56 valence electrons. The van der Waals surface area contributed by atoms with E-state index in [1.165, 1.54) is 0 Å². The fraction of sp³-hybridized carbons (Fsp3) is 1.00. The van der Waals surface area contributed by atoms with Gasteiger partial charge in [-0.3, -0.25) is 0 Å². The van der Waals surface area contributed by atoms with E-state index in [2.05, 4.69) is 0 Å². The highest BCUT2D eigenvalue weighted by Crippen LogP contribution is 1.91. The second kappa shape index (κ2) is 4.77. The minimum absolute atomic E-state index is 0.163. The van der Waals surface area contributed by atoms with Crippen LogP contribution in [0.3, 0.4) is 0 Å². The summed E-state index contributed by atoms with van der Waals surface area (Å²) in [6.07, 6.45) is -0.326. The van der Waals surface area contributed by atoms with Crippen molar-refractivity contribution >= 4 is 0 Å². The maximum atomic E-state index is 7.21. The quantitative estimate of drug-likeness (QED) is 0.546. The maximum absolute atomic E-state index is 7.21. The summed E-state index contributed by atoms with van der Waals surface area (Å²) in [6, 6.07) is 0. The molecule has 2 nitrogen and oxygen atoms in total. The van der Waals surface area contributed by atoms with Gasteiger partial charge in [0.25, 0.3) is 0 Å². The number of ether oxygens (including phenoxy) is 2. The third kappa shape index (κ3) is 7.92. The van der Waals surface area contributed by atoms with Gasteiger partial charge in [-0.05, 0) is 27.7 Å². The molecule has 0 fully saturated rings. The molecule has 0 aliphatic rings. The predicted molar refractivity (Wildman–Crippen MR) is 37.3 cm³/mol. The van der Waals surface area contributed by atoms with Gasteiger partial charge in [-0.1, -0.05) is 0 Å². The molecule has 9 heavy (non-hydrogen) atoms. The molecule has 0 aromatic carbocycles. The zero-order chi connectivity index (χ0) is 9.07. The van der Waals surface area contributed by atoms with Crippen LogP contribution < -0.4 is 0 Å². The molecule has 0 amide bonds. The summed E-state index contributed by atoms with van der Waals surface area (Å²) in [7, 11) is 0. The van der Waals surface area contributed by atoms with Crippen LogP contribution >= 0.6 is 0 Å². The highest BCUT2D eigenvalue weighted by molar-refractivity contribution is 4.34. The summed E-state index contributed by atoms with van der Waals surface area (Å²) in [4.78, 5) is 0. The highest BCUT2D eigenvalue weighted by atomic mass is 16.7. The summed E-state index contributed by atoms with van der Waals surface area (Å²) in [5.74, 6) is 0. The lowest BCUT2D eigenvalue weighted by Gasteiger charge is -2.09. The third-order valence-corrected chi connectivity index (χ3v) is 0.568. The predicted octanol–water partition coefficient (Wildman–Crippen LogP) is 1.79. The standard InChI is InChI=1S/C7H16O2/c1-6(2)8-5-9-7(3)4/h6-7H,5H2,1-4H3/i5D2. The lowest BCUT2D eigenvalue weighted by atomic mass is 10.5. The van der Waals surface area contributed by atoms with Crippen LogP contribution in [0.25, 0.3) is 0 Å². The van der Waals surface area contributed by atoms with Crippen LogP contribution in [0.5, 0.6) is 0 Å². The molecule has 0 rings (SSSR count). The first-order chi connectivity index (χ1) is 4.83. The minimum Gasteiger partial charge on any atom is -0.353 e. The molecule has 0 aromatic rings. The van der Waals surface area contributed by atoms with Crippen molar-refractivity contribution in [3.63, 3.8) is 0 Å². The summed E-state index contributed by atoms with van der Waals surface area (Å²) in [5, 5.41) is 0.